The number of rotatable bonds is 2. The van der Waals surface area contributed by atoms with Gasteiger partial charge in [-0.1, -0.05) is 0 Å². The Hall–Kier alpha value is -1.32. The van der Waals surface area contributed by atoms with Crippen molar-refractivity contribution in [3.05, 3.63) is 12.4 Å². The SMILES string of the molecule is CC(C)(C)n1cc(NC=O)cn1. The summed E-state index contributed by atoms with van der Waals surface area (Å²) in [6, 6.07) is 0. The van der Waals surface area contributed by atoms with Crippen molar-refractivity contribution in [1.29, 1.82) is 0 Å². The highest BCUT2D eigenvalue weighted by atomic mass is 16.1. The molecule has 0 saturated carbocycles. The molecule has 0 aromatic carbocycles. The van der Waals surface area contributed by atoms with Gasteiger partial charge in [0, 0.05) is 6.20 Å². The van der Waals surface area contributed by atoms with Gasteiger partial charge < -0.3 is 5.32 Å². The van der Waals surface area contributed by atoms with Crippen LogP contribution in [0.25, 0.3) is 0 Å². The predicted molar refractivity (Wildman–Crippen MR) is 46.9 cm³/mol. The van der Waals surface area contributed by atoms with Gasteiger partial charge >= 0.3 is 0 Å². The number of carbonyl (C=O) groups is 1. The second kappa shape index (κ2) is 2.97. The molecule has 0 unspecified atom stereocenters. The summed E-state index contributed by atoms with van der Waals surface area (Å²) in [6.45, 7) is 6.14. The van der Waals surface area contributed by atoms with Gasteiger partial charge in [0.1, 0.15) is 0 Å². The van der Waals surface area contributed by atoms with Crippen molar-refractivity contribution in [2.75, 3.05) is 5.32 Å². The van der Waals surface area contributed by atoms with E-state index in [1.807, 2.05) is 20.8 Å². The summed E-state index contributed by atoms with van der Waals surface area (Å²) >= 11 is 0. The maximum atomic E-state index is 10.1. The Balaban J connectivity index is 2.84. The van der Waals surface area contributed by atoms with E-state index in [0.29, 0.717) is 6.41 Å². The van der Waals surface area contributed by atoms with E-state index >= 15 is 0 Å². The van der Waals surface area contributed by atoms with Crippen LogP contribution in [-0.4, -0.2) is 16.2 Å². The highest BCUT2D eigenvalue weighted by Gasteiger charge is 2.13. The van der Waals surface area contributed by atoms with Gasteiger partial charge in [-0.25, -0.2) is 0 Å². The molecule has 0 radical (unpaired) electrons. The van der Waals surface area contributed by atoms with Gasteiger partial charge in [-0.05, 0) is 20.8 Å². The van der Waals surface area contributed by atoms with Crippen molar-refractivity contribution in [3.8, 4) is 0 Å². The van der Waals surface area contributed by atoms with E-state index in [1.54, 1.807) is 17.1 Å². The molecule has 0 aliphatic rings. The molecule has 4 heteroatoms. The molecule has 1 aromatic heterocycles. The van der Waals surface area contributed by atoms with Crippen LogP contribution in [0, 0.1) is 0 Å². The molecule has 1 heterocycles. The summed E-state index contributed by atoms with van der Waals surface area (Å²) in [5.74, 6) is 0. The van der Waals surface area contributed by atoms with E-state index in [1.165, 1.54) is 0 Å². The van der Waals surface area contributed by atoms with Gasteiger partial charge in [0.05, 0.1) is 17.4 Å². The zero-order chi connectivity index (χ0) is 9.19. The van der Waals surface area contributed by atoms with Gasteiger partial charge in [-0.15, -0.1) is 0 Å². The second-order valence-corrected chi connectivity index (χ2v) is 3.61. The van der Waals surface area contributed by atoms with Crippen LogP contribution in [-0.2, 0) is 10.3 Å². The largest absolute Gasteiger partial charge is 0.326 e. The van der Waals surface area contributed by atoms with Crippen molar-refractivity contribution < 1.29 is 4.79 Å². The van der Waals surface area contributed by atoms with Crippen molar-refractivity contribution in [2.24, 2.45) is 0 Å². The Morgan fingerprint density at radius 1 is 1.58 bits per heavy atom. The summed E-state index contributed by atoms with van der Waals surface area (Å²) in [7, 11) is 0. The van der Waals surface area contributed by atoms with Gasteiger partial charge in [0.2, 0.25) is 6.41 Å². The Bertz CT molecular complexity index is 272. The topological polar surface area (TPSA) is 46.9 Å². The fourth-order valence-corrected chi connectivity index (χ4v) is 0.832. The molecule has 0 aliphatic carbocycles. The number of amides is 1. The minimum absolute atomic E-state index is 0.0389. The average Bonchev–Trinajstić information content (AvgIpc) is 2.35. The van der Waals surface area contributed by atoms with Crippen LogP contribution in [0.1, 0.15) is 20.8 Å². The molecule has 0 spiro atoms. The molecule has 1 N–H and O–H groups in total. The van der Waals surface area contributed by atoms with Crippen LogP contribution in [0.4, 0.5) is 5.69 Å². The average molecular weight is 167 g/mol. The molecular formula is C8H13N3O. The molecule has 0 fully saturated rings. The summed E-state index contributed by atoms with van der Waals surface area (Å²) in [5.41, 5.74) is 0.683. The lowest BCUT2D eigenvalue weighted by Crippen LogP contribution is -2.21. The third-order valence-corrected chi connectivity index (χ3v) is 1.50. The van der Waals surface area contributed by atoms with Crippen molar-refractivity contribution in [1.82, 2.24) is 9.78 Å². The van der Waals surface area contributed by atoms with Crippen molar-refractivity contribution >= 4 is 12.1 Å². The van der Waals surface area contributed by atoms with Crippen molar-refractivity contribution in [3.63, 3.8) is 0 Å². The Kier molecular flexibility index (Phi) is 2.17. The zero-order valence-electron chi connectivity index (χ0n) is 7.53. The Labute approximate surface area is 71.6 Å². The van der Waals surface area contributed by atoms with Crippen LogP contribution in [0.3, 0.4) is 0 Å². The molecule has 0 saturated heterocycles. The predicted octanol–water partition coefficient (Wildman–Crippen LogP) is 1.21. The molecule has 1 rings (SSSR count). The molecule has 1 amide bonds. The Morgan fingerprint density at radius 3 is 2.67 bits per heavy atom. The number of hydrogen-bond acceptors (Lipinski definition) is 2. The van der Waals surface area contributed by atoms with Crippen LogP contribution < -0.4 is 5.32 Å². The highest BCUT2D eigenvalue weighted by molar-refractivity contribution is 5.70. The first-order valence-electron chi connectivity index (χ1n) is 3.79. The van der Waals surface area contributed by atoms with E-state index < -0.39 is 0 Å². The minimum atomic E-state index is -0.0389. The van der Waals surface area contributed by atoms with Gasteiger partial charge in [0.15, 0.2) is 0 Å². The number of nitrogens with zero attached hydrogens (tertiary/aromatic N) is 2. The summed E-state index contributed by atoms with van der Waals surface area (Å²) in [5, 5.41) is 6.64. The fraction of sp³-hybridized carbons (Fsp3) is 0.500. The molecule has 4 nitrogen and oxygen atoms in total. The van der Waals surface area contributed by atoms with Gasteiger partial charge in [-0.2, -0.15) is 5.10 Å². The lowest BCUT2D eigenvalue weighted by atomic mass is 10.1. The first-order valence-corrected chi connectivity index (χ1v) is 3.79. The van der Waals surface area contributed by atoms with Crippen molar-refractivity contribution in [2.45, 2.75) is 26.3 Å². The lowest BCUT2D eigenvalue weighted by molar-refractivity contribution is -0.105. The maximum absolute atomic E-state index is 10.1. The number of nitrogens with one attached hydrogen (secondary N) is 1. The van der Waals surface area contributed by atoms with Crippen LogP contribution >= 0.6 is 0 Å². The van der Waals surface area contributed by atoms with Crippen LogP contribution in [0.5, 0.6) is 0 Å². The standard InChI is InChI=1S/C8H13N3O/c1-8(2,3)11-5-7(4-10-11)9-6-12/h4-6H,1-3H3,(H,9,12). The lowest BCUT2D eigenvalue weighted by Gasteiger charge is -2.18. The normalized spacial score (nSPS) is 11.2. The van der Waals surface area contributed by atoms with Gasteiger partial charge in [-0.3, -0.25) is 9.48 Å². The summed E-state index contributed by atoms with van der Waals surface area (Å²) in [4.78, 5) is 10.1. The molecule has 0 aliphatic heterocycles. The molecule has 0 bridgehead atoms. The van der Waals surface area contributed by atoms with E-state index in [9.17, 15) is 4.79 Å². The third-order valence-electron chi connectivity index (χ3n) is 1.50. The first kappa shape index (κ1) is 8.77. The highest BCUT2D eigenvalue weighted by Crippen LogP contribution is 2.14. The van der Waals surface area contributed by atoms with E-state index in [2.05, 4.69) is 10.4 Å². The fourth-order valence-electron chi connectivity index (χ4n) is 0.832. The Morgan fingerprint density at radius 2 is 2.25 bits per heavy atom. The quantitative estimate of drug-likeness (QED) is 0.673. The zero-order valence-corrected chi connectivity index (χ0v) is 7.53. The number of hydrogen-bond donors (Lipinski definition) is 1. The number of anilines is 1. The summed E-state index contributed by atoms with van der Waals surface area (Å²) < 4.78 is 1.80. The molecule has 0 atom stereocenters. The minimum Gasteiger partial charge on any atom is -0.326 e. The van der Waals surface area contributed by atoms with Crippen LogP contribution in [0.2, 0.25) is 0 Å². The third kappa shape index (κ3) is 1.84. The molecule has 12 heavy (non-hydrogen) atoms. The molecular weight excluding hydrogens is 154 g/mol. The smallest absolute Gasteiger partial charge is 0.211 e. The molecule has 1 aromatic rings. The summed E-state index contributed by atoms with van der Waals surface area (Å²) in [6.07, 6.45) is 4.07. The maximum Gasteiger partial charge on any atom is 0.211 e. The van der Waals surface area contributed by atoms with E-state index in [4.69, 9.17) is 0 Å². The van der Waals surface area contributed by atoms with E-state index in [0.717, 1.165) is 5.69 Å². The number of carbonyl (C=O) groups excluding carboxylic acids is 1. The molecule has 66 valence electrons. The first-order chi connectivity index (χ1) is 5.54. The van der Waals surface area contributed by atoms with Gasteiger partial charge in [0.25, 0.3) is 0 Å². The van der Waals surface area contributed by atoms with E-state index in [-0.39, 0.29) is 5.54 Å². The number of aromatic nitrogens is 2. The monoisotopic (exact) mass is 167 g/mol. The van der Waals surface area contributed by atoms with Crippen LogP contribution in [0.15, 0.2) is 12.4 Å². The second-order valence-electron chi connectivity index (χ2n) is 3.61.